The number of amides is 1. The van der Waals surface area contributed by atoms with Gasteiger partial charge in [0, 0.05) is 51.2 Å². The molecule has 4 heterocycles. The maximum Gasteiger partial charge on any atom is 0.276 e. The second-order valence-electron chi connectivity index (χ2n) is 8.94. The van der Waals surface area contributed by atoms with Crippen LogP contribution in [0.25, 0.3) is 11.5 Å². The number of piperazine rings is 1. The van der Waals surface area contributed by atoms with Crippen LogP contribution in [0, 0.1) is 12.8 Å². The molecule has 2 aliphatic heterocycles. The van der Waals surface area contributed by atoms with E-state index >= 15 is 0 Å². The number of hydrogen-bond donors (Lipinski definition) is 1. The van der Waals surface area contributed by atoms with Gasteiger partial charge in [-0.2, -0.15) is 9.40 Å². The molecule has 1 N–H and O–H groups in total. The minimum Gasteiger partial charge on any atom is -0.442 e. The Morgan fingerprint density at radius 3 is 2.65 bits per heavy atom. The minimum atomic E-state index is -3.82. The molecular weight excluding hydrogens is 454 g/mol. The fraction of sp³-hybridized carbons (Fsp3) is 0.417. The van der Waals surface area contributed by atoms with E-state index in [0.29, 0.717) is 43.9 Å². The number of carbonyl (C=O) groups excluding carboxylic acids is 1. The maximum absolute atomic E-state index is 13.3. The van der Waals surface area contributed by atoms with Gasteiger partial charge in [-0.1, -0.05) is 12.1 Å². The first kappa shape index (κ1) is 22.7. The lowest BCUT2D eigenvalue weighted by atomic mass is 9.97. The van der Waals surface area contributed by atoms with Gasteiger partial charge in [0.25, 0.3) is 10.0 Å². The highest BCUT2D eigenvalue weighted by Crippen LogP contribution is 2.29. The van der Waals surface area contributed by atoms with E-state index in [0.717, 1.165) is 13.1 Å². The summed E-state index contributed by atoms with van der Waals surface area (Å²) in [4.78, 5) is 17.4. The molecule has 2 fully saturated rings. The van der Waals surface area contributed by atoms with Crippen LogP contribution < -0.4 is 4.90 Å². The van der Waals surface area contributed by atoms with E-state index in [2.05, 4.69) is 46.3 Å². The van der Waals surface area contributed by atoms with Crippen LogP contribution in [0.4, 0.5) is 5.69 Å². The van der Waals surface area contributed by atoms with E-state index in [9.17, 15) is 13.2 Å². The number of carbonyl (C=O) groups is 1. The number of aromatic amines is 1. The number of anilines is 1. The summed E-state index contributed by atoms with van der Waals surface area (Å²) in [5, 5.41) is 6.52. The van der Waals surface area contributed by atoms with Gasteiger partial charge in [0.2, 0.25) is 11.0 Å². The molecule has 0 unspecified atom stereocenters. The first-order chi connectivity index (χ1) is 16.4. The molecule has 1 amide bonds. The average molecular weight is 484 g/mol. The van der Waals surface area contributed by atoms with E-state index in [1.165, 1.54) is 21.6 Å². The van der Waals surface area contributed by atoms with Crippen LogP contribution in [0.15, 0.2) is 58.2 Å². The maximum atomic E-state index is 13.3. The average Bonchev–Trinajstić information content (AvgIpc) is 3.56. The second kappa shape index (κ2) is 9.27. The minimum absolute atomic E-state index is 0.0430. The molecule has 1 atom stereocenters. The Bertz CT molecular complexity index is 1250. The highest BCUT2D eigenvalue weighted by Gasteiger charge is 2.37. The lowest BCUT2D eigenvalue weighted by Gasteiger charge is -2.39. The van der Waals surface area contributed by atoms with Crippen molar-refractivity contribution in [3.63, 3.8) is 0 Å². The number of aromatic nitrogens is 2. The van der Waals surface area contributed by atoms with Crippen LogP contribution in [0.1, 0.15) is 18.4 Å². The molecule has 2 saturated heterocycles. The van der Waals surface area contributed by atoms with Gasteiger partial charge in [0.1, 0.15) is 5.69 Å². The second-order valence-corrected chi connectivity index (χ2v) is 10.8. The van der Waals surface area contributed by atoms with Crippen molar-refractivity contribution in [2.75, 3.05) is 44.2 Å². The Kier molecular flexibility index (Phi) is 6.18. The van der Waals surface area contributed by atoms with Crippen LogP contribution in [0.5, 0.6) is 0 Å². The lowest BCUT2D eigenvalue weighted by molar-refractivity contribution is -0.137. The van der Waals surface area contributed by atoms with Gasteiger partial charge in [-0.15, -0.1) is 0 Å². The van der Waals surface area contributed by atoms with Crippen LogP contribution in [-0.2, 0) is 14.8 Å². The molecule has 0 saturated carbocycles. The molecule has 0 bridgehead atoms. The SMILES string of the molecule is Cc1cccc(N2CCN(C(=O)[C@@H]3CCCN(S(=O)(=O)c4ccc(-c5ccn[nH]5)o4)C3)CC2)c1. The van der Waals surface area contributed by atoms with Gasteiger partial charge < -0.3 is 14.2 Å². The number of benzene rings is 1. The summed E-state index contributed by atoms with van der Waals surface area (Å²) in [6, 6.07) is 13.2. The van der Waals surface area contributed by atoms with Gasteiger partial charge in [-0.3, -0.25) is 9.89 Å². The van der Waals surface area contributed by atoms with E-state index in [1.54, 1.807) is 18.3 Å². The van der Waals surface area contributed by atoms with Crippen LogP contribution in [0.2, 0.25) is 0 Å². The summed E-state index contributed by atoms with van der Waals surface area (Å²) < 4.78 is 33.4. The fourth-order valence-electron chi connectivity index (χ4n) is 4.75. The first-order valence-electron chi connectivity index (χ1n) is 11.6. The Balaban J connectivity index is 1.22. The number of aryl methyl sites for hydroxylation is 1. The number of nitrogens with one attached hydrogen (secondary N) is 1. The van der Waals surface area contributed by atoms with Gasteiger partial charge in [-0.05, 0) is 55.7 Å². The Morgan fingerprint density at radius 2 is 1.91 bits per heavy atom. The molecule has 10 heteroatoms. The van der Waals surface area contributed by atoms with Gasteiger partial charge in [0.05, 0.1) is 5.92 Å². The lowest BCUT2D eigenvalue weighted by Crippen LogP contribution is -2.53. The topological polar surface area (TPSA) is 103 Å². The summed E-state index contributed by atoms with van der Waals surface area (Å²) in [6.07, 6.45) is 2.92. The van der Waals surface area contributed by atoms with Crippen molar-refractivity contribution in [1.82, 2.24) is 19.4 Å². The smallest absolute Gasteiger partial charge is 0.276 e. The molecule has 34 heavy (non-hydrogen) atoms. The van der Waals surface area contributed by atoms with Crippen molar-refractivity contribution in [1.29, 1.82) is 0 Å². The summed E-state index contributed by atoms with van der Waals surface area (Å²) in [5.74, 6) is 0.115. The van der Waals surface area contributed by atoms with Gasteiger partial charge in [0.15, 0.2) is 5.76 Å². The predicted molar refractivity (Wildman–Crippen MR) is 128 cm³/mol. The zero-order chi connectivity index (χ0) is 23.7. The van der Waals surface area contributed by atoms with Crippen LogP contribution in [-0.4, -0.2) is 73.0 Å². The molecule has 2 aromatic heterocycles. The highest BCUT2D eigenvalue weighted by molar-refractivity contribution is 7.89. The van der Waals surface area contributed by atoms with Crippen molar-refractivity contribution in [3.8, 4) is 11.5 Å². The third kappa shape index (κ3) is 4.47. The number of furan rings is 1. The predicted octanol–water partition coefficient (Wildman–Crippen LogP) is 2.73. The van der Waals surface area contributed by atoms with E-state index < -0.39 is 10.0 Å². The van der Waals surface area contributed by atoms with Gasteiger partial charge >= 0.3 is 0 Å². The number of H-pyrrole nitrogens is 1. The van der Waals surface area contributed by atoms with Crippen molar-refractivity contribution < 1.29 is 17.6 Å². The quantitative estimate of drug-likeness (QED) is 0.599. The molecular formula is C24H29N5O4S. The fourth-order valence-corrected chi connectivity index (χ4v) is 6.19. The van der Waals surface area contributed by atoms with Crippen LogP contribution in [0.3, 0.4) is 0 Å². The largest absolute Gasteiger partial charge is 0.442 e. The number of piperidine rings is 1. The zero-order valence-corrected chi connectivity index (χ0v) is 20.0. The first-order valence-corrected chi connectivity index (χ1v) is 13.1. The van der Waals surface area contributed by atoms with E-state index in [1.807, 2.05) is 4.90 Å². The summed E-state index contributed by atoms with van der Waals surface area (Å²) in [7, 11) is -3.82. The molecule has 9 nitrogen and oxygen atoms in total. The molecule has 0 radical (unpaired) electrons. The molecule has 1 aromatic carbocycles. The molecule has 0 spiro atoms. The number of sulfonamides is 1. The highest BCUT2D eigenvalue weighted by atomic mass is 32.2. The third-order valence-corrected chi connectivity index (χ3v) is 8.37. The van der Waals surface area contributed by atoms with Crippen LogP contribution >= 0.6 is 0 Å². The van der Waals surface area contributed by atoms with E-state index in [-0.39, 0.29) is 23.5 Å². The Labute approximate surface area is 199 Å². The molecule has 180 valence electrons. The van der Waals surface area contributed by atoms with Gasteiger partial charge in [-0.25, -0.2) is 8.42 Å². The van der Waals surface area contributed by atoms with E-state index in [4.69, 9.17) is 4.42 Å². The zero-order valence-electron chi connectivity index (χ0n) is 19.2. The molecule has 5 rings (SSSR count). The summed E-state index contributed by atoms with van der Waals surface area (Å²) in [5.41, 5.74) is 3.00. The van der Waals surface area contributed by atoms with Crippen molar-refractivity contribution >= 4 is 21.6 Å². The molecule has 3 aromatic rings. The molecule has 2 aliphatic rings. The summed E-state index contributed by atoms with van der Waals surface area (Å²) >= 11 is 0. The Morgan fingerprint density at radius 1 is 1.09 bits per heavy atom. The van der Waals surface area contributed by atoms with Crippen molar-refractivity contribution in [2.24, 2.45) is 5.92 Å². The van der Waals surface area contributed by atoms with Crippen molar-refractivity contribution in [3.05, 3.63) is 54.2 Å². The monoisotopic (exact) mass is 483 g/mol. The number of nitrogens with zero attached hydrogens (tertiary/aromatic N) is 4. The summed E-state index contributed by atoms with van der Waals surface area (Å²) in [6.45, 7) is 5.46. The number of rotatable bonds is 5. The Hall–Kier alpha value is -3.11. The standard InChI is InChI=1S/C24H29N5O4S/c1-18-4-2-6-20(16-18)27-12-14-28(15-13-27)24(30)19-5-3-11-29(17-19)34(31,32)23-8-7-22(33-23)21-9-10-25-26-21/h2,4,6-10,16,19H,3,5,11-15,17H2,1H3,(H,25,26)/t19-/m1/s1. The third-order valence-electron chi connectivity index (χ3n) is 6.63. The number of hydrogen-bond acceptors (Lipinski definition) is 6. The van der Waals surface area contributed by atoms with Crippen molar-refractivity contribution in [2.45, 2.75) is 24.9 Å². The normalized spacial score (nSPS) is 20.0. The molecule has 0 aliphatic carbocycles.